The van der Waals surface area contributed by atoms with E-state index in [9.17, 15) is 4.79 Å². The molecule has 0 saturated heterocycles. The molecule has 2 aliphatic rings. The summed E-state index contributed by atoms with van der Waals surface area (Å²) in [5, 5.41) is 6.40. The lowest BCUT2D eigenvalue weighted by atomic mass is 10.1. The van der Waals surface area contributed by atoms with E-state index in [0.29, 0.717) is 37.6 Å². The molecule has 0 radical (unpaired) electrons. The third-order valence-corrected chi connectivity index (χ3v) is 5.62. The summed E-state index contributed by atoms with van der Waals surface area (Å²) in [6.45, 7) is 5.77. The zero-order valence-corrected chi connectivity index (χ0v) is 18.2. The van der Waals surface area contributed by atoms with Crippen LogP contribution in [0.2, 0.25) is 0 Å². The van der Waals surface area contributed by atoms with Crippen molar-refractivity contribution in [2.45, 2.75) is 52.1 Å². The van der Waals surface area contributed by atoms with Gasteiger partial charge in [0, 0.05) is 26.1 Å². The Balaban J connectivity index is 1.52. The number of unbranched alkanes of at least 4 members (excludes halogenated alkanes) is 1. The fourth-order valence-corrected chi connectivity index (χ4v) is 3.67. The molecule has 1 fully saturated rings. The van der Waals surface area contributed by atoms with Crippen LogP contribution in [0.1, 0.15) is 50.2 Å². The number of carbonyl (C=O) groups excluding carboxylic acids is 1. The fourth-order valence-electron chi connectivity index (χ4n) is 3.67. The number of fused-ring (bicyclic) bond motifs is 1. The normalized spacial score (nSPS) is 15.9. The van der Waals surface area contributed by atoms with Crippen LogP contribution < -0.4 is 26.0 Å². The molecule has 4 N–H and O–H groups in total. The zero-order chi connectivity index (χ0) is 21.6. The molecule has 2 aromatic rings. The van der Waals surface area contributed by atoms with E-state index in [-0.39, 0.29) is 17.7 Å². The molecule has 2 heterocycles. The molecule has 166 valence electrons. The Hall–Kier alpha value is -2.87. The van der Waals surface area contributed by atoms with Crippen molar-refractivity contribution >= 4 is 23.2 Å². The van der Waals surface area contributed by atoms with Crippen molar-refractivity contribution in [3.05, 3.63) is 35.4 Å². The zero-order valence-electron chi connectivity index (χ0n) is 18.2. The van der Waals surface area contributed by atoms with E-state index in [1.165, 1.54) is 18.4 Å². The summed E-state index contributed by atoms with van der Waals surface area (Å²) in [6.07, 6.45) is 5.01. The predicted octanol–water partition coefficient (Wildman–Crippen LogP) is 3.09. The van der Waals surface area contributed by atoms with Crippen molar-refractivity contribution in [3.63, 3.8) is 0 Å². The summed E-state index contributed by atoms with van der Waals surface area (Å²) < 4.78 is 5.70. The number of nitrogen functional groups attached to an aromatic ring is 1. The largest absolute Gasteiger partial charge is 0.463 e. The van der Waals surface area contributed by atoms with Crippen molar-refractivity contribution in [1.29, 1.82) is 0 Å². The third kappa shape index (κ3) is 5.85. The van der Waals surface area contributed by atoms with Gasteiger partial charge in [0.1, 0.15) is 5.69 Å². The minimum atomic E-state index is -0.0864. The predicted molar refractivity (Wildman–Crippen MR) is 122 cm³/mol. The number of ether oxygens (including phenoxy) is 1. The lowest BCUT2D eigenvalue weighted by Crippen LogP contribution is -2.25. The molecule has 1 saturated carbocycles. The third-order valence-electron chi connectivity index (χ3n) is 5.62. The Morgan fingerprint density at radius 1 is 1.29 bits per heavy atom. The van der Waals surface area contributed by atoms with Gasteiger partial charge in [-0.3, -0.25) is 4.79 Å². The maximum Gasteiger partial charge on any atom is 0.320 e. The molecule has 4 rings (SSSR count). The Labute approximate surface area is 183 Å². The SMILES string of the molecule is CCCCOc1nc(N)c2c(n1)N(Cc1cccc(CNCC3CC3)c1)CCC(=O)N2. The van der Waals surface area contributed by atoms with Crippen LogP contribution in [0.4, 0.5) is 17.3 Å². The van der Waals surface area contributed by atoms with Crippen LogP contribution in [-0.2, 0) is 17.9 Å². The van der Waals surface area contributed by atoms with Gasteiger partial charge in [0.15, 0.2) is 11.6 Å². The molecule has 31 heavy (non-hydrogen) atoms. The van der Waals surface area contributed by atoms with E-state index < -0.39 is 0 Å². The smallest absolute Gasteiger partial charge is 0.320 e. The number of rotatable bonds is 10. The number of nitrogens with two attached hydrogens (primary N) is 1. The van der Waals surface area contributed by atoms with Crippen LogP contribution in [0.5, 0.6) is 6.01 Å². The second kappa shape index (κ2) is 9.96. The minimum absolute atomic E-state index is 0.0864. The number of anilines is 3. The van der Waals surface area contributed by atoms with Gasteiger partial charge in [-0.05, 0) is 42.9 Å². The van der Waals surface area contributed by atoms with Gasteiger partial charge in [0.2, 0.25) is 5.91 Å². The van der Waals surface area contributed by atoms with Crippen LogP contribution in [-0.4, -0.2) is 35.6 Å². The van der Waals surface area contributed by atoms with E-state index in [4.69, 9.17) is 10.5 Å². The van der Waals surface area contributed by atoms with E-state index in [1.54, 1.807) is 0 Å². The van der Waals surface area contributed by atoms with E-state index in [1.807, 2.05) is 0 Å². The molecule has 1 aromatic heterocycles. The number of nitrogens with zero attached hydrogens (tertiary/aromatic N) is 3. The summed E-state index contributed by atoms with van der Waals surface area (Å²) in [5.74, 6) is 1.62. The van der Waals surface area contributed by atoms with Crippen molar-refractivity contribution in [2.24, 2.45) is 5.92 Å². The highest BCUT2D eigenvalue weighted by Gasteiger charge is 2.25. The molecule has 0 unspecified atom stereocenters. The van der Waals surface area contributed by atoms with Gasteiger partial charge in [0.25, 0.3) is 0 Å². The van der Waals surface area contributed by atoms with Gasteiger partial charge in [-0.1, -0.05) is 37.6 Å². The van der Waals surface area contributed by atoms with Crippen molar-refractivity contribution in [1.82, 2.24) is 15.3 Å². The van der Waals surface area contributed by atoms with E-state index in [2.05, 4.69) is 56.7 Å². The highest BCUT2D eigenvalue weighted by Crippen LogP contribution is 2.34. The second-order valence-electron chi connectivity index (χ2n) is 8.41. The lowest BCUT2D eigenvalue weighted by molar-refractivity contribution is -0.115. The first kappa shape index (κ1) is 21.4. The number of amides is 1. The van der Waals surface area contributed by atoms with Crippen molar-refractivity contribution < 1.29 is 9.53 Å². The number of hydrogen-bond acceptors (Lipinski definition) is 7. The molecule has 1 amide bonds. The molecule has 1 aromatic carbocycles. The van der Waals surface area contributed by atoms with Crippen LogP contribution in [0, 0.1) is 5.92 Å². The first-order valence-corrected chi connectivity index (χ1v) is 11.3. The van der Waals surface area contributed by atoms with Crippen LogP contribution >= 0.6 is 0 Å². The first-order valence-electron chi connectivity index (χ1n) is 11.3. The first-order chi connectivity index (χ1) is 15.1. The van der Waals surface area contributed by atoms with E-state index >= 15 is 0 Å². The van der Waals surface area contributed by atoms with Gasteiger partial charge in [0.05, 0.1) is 6.61 Å². The van der Waals surface area contributed by atoms with Gasteiger partial charge < -0.3 is 26.0 Å². The quantitative estimate of drug-likeness (QED) is 0.503. The molecule has 1 aliphatic heterocycles. The second-order valence-corrected chi connectivity index (χ2v) is 8.41. The highest BCUT2D eigenvalue weighted by molar-refractivity contribution is 5.98. The van der Waals surface area contributed by atoms with Crippen LogP contribution in [0.3, 0.4) is 0 Å². The Morgan fingerprint density at radius 2 is 2.13 bits per heavy atom. The minimum Gasteiger partial charge on any atom is -0.463 e. The van der Waals surface area contributed by atoms with Crippen molar-refractivity contribution in [2.75, 3.05) is 35.6 Å². The molecular weight excluding hydrogens is 392 g/mol. The van der Waals surface area contributed by atoms with Gasteiger partial charge in [-0.2, -0.15) is 9.97 Å². The standard InChI is InChI=1S/C23H32N6O2/c1-2-3-11-31-23-27-21(24)20-22(28-23)29(10-9-19(30)26-20)15-18-6-4-5-17(12-18)14-25-13-16-7-8-16/h4-6,12,16,25H,2-3,7-11,13-15H2,1H3,(H,26,30)(H2,24,27,28). The monoisotopic (exact) mass is 424 g/mol. The summed E-state index contributed by atoms with van der Waals surface area (Å²) in [4.78, 5) is 23.2. The average Bonchev–Trinajstić information content (AvgIpc) is 3.58. The van der Waals surface area contributed by atoms with Gasteiger partial charge in [-0.25, -0.2) is 0 Å². The Kier molecular flexibility index (Phi) is 6.86. The summed E-state index contributed by atoms with van der Waals surface area (Å²) in [7, 11) is 0. The highest BCUT2D eigenvalue weighted by atomic mass is 16.5. The van der Waals surface area contributed by atoms with E-state index in [0.717, 1.165) is 37.4 Å². The molecule has 0 atom stereocenters. The number of nitrogens with one attached hydrogen (secondary N) is 2. The lowest BCUT2D eigenvalue weighted by Gasteiger charge is -2.24. The average molecular weight is 425 g/mol. The molecular formula is C23H32N6O2. The topological polar surface area (TPSA) is 105 Å². The van der Waals surface area contributed by atoms with Gasteiger partial charge in [-0.15, -0.1) is 0 Å². The van der Waals surface area contributed by atoms with Gasteiger partial charge >= 0.3 is 6.01 Å². The fraction of sp³-hybridized carbons (Fsp3) is 0.522. The maximum atomic E-state index is 12.2. The number of hydrogen-bond donors (Lipinski definition) is 3. The maximum absolute atomic E-state index is 12.2. The Morgan fingerprint density at radius 3 is 2.94 bits per heavy atom. The van der Waals surface area contributed by atoms with Crippen molar-refractivity contribution in [3.8, 4) is 6.01 Å². The number of aromatic nitrogens is 2. The van der Waals surface area contributed by atoms with Crippen LogP contribution in [0.25, 0.3) is 0 Å². The summed E-state index contributed by atoms with van der Waals surface area (Å²) in [5.41, 5.74) is 9.05. The molecule has 0 spiro atoms. The summed E-state index contributed by atoms with van der Waals surface area (Å²) in [6, 6.07) is 8.80. The molecule has 0 bridgehead atoms. The molecule has 8 nitrogen and oxygen atoms in total. The molecule has 8 heteroatoms. The number of benzene rings is 1. The number of carbonyl (C=O) groups is 1. The van der Waals surface area contributed by atoms with Crippen LogP contribution in [0.15, 0.2) is 24.3 Å². The Bertz CT molecular complexity index is 915. The summed E-state index contributed by atoms with van der Waals surface area (Å²) >= 11 is 0. The molecule has 1 aliphatic carbocycles.